The Bertz CT molecular complexity index is 274. The Hall–Kier alpha value is -0.0800. The van der Waals surface area contributed by atoms with Gasteiger partial charge in [0.2, 0.25) is 0 Å². The van der Waals surface area contributed by atoms with Gasteiger partial charge in [0.1, 0.15) is 0 Å². The van der Waals surface area contributed by atoms with Gasteiger partial charge in [-0.1, -0.05) is 13.3 Å². The normalized spacial score (nSPS) is 38.8. The Kier molecular flexibility index (Phi) is 3.95. The van der Waals surface area contributed by atoms with Crippen LogP contribution in [0.15, 0.2) is 0 Å². The second-order valence-corrected chi connectivity index (χ2v) is 6.79. The van der Waals surface area contributed by atoms with E-state index < -0.39 is 0 Å². The van der Waals surface area contributed by atoms with Crippen LogP contribution in [0.3, 0.4) is 0 Å². The maximum Gasteiger partial charge on any atom is 0.0685 e. The lowest BCUT2D eigenvalue weighted by molar-refractivity contribution is -0.150. The van der Waals surface area contributed by atoms with Crippen molar-refractivity contribution in [2.24, 2.45) is 11.8 Å². The van der Waals surface area contributed by atoms with Crippen LogP contribution in [-0.2, 0) is 4.74 Å². The fourth-order valence-electron chi connectivity index (χ4n) is 4.49. The van der Waals surface area contributed by atoms with Gasteiger partial charge in [0, 0.05) is 12.6 Å². The van der Waals surface area contributed by atoms with Crippen molar-refractivity contribution in [1.29, 1.82) is 0 Å². The van der Waals surface area contributed by atoms with Gasteiger partial charge in [0.05, 0.1) is 5.60 Å². The van der Waals surface area contributed by atoms with Gasteiger partial charge in [0.25, 0.3) is 0 Å². The summed E-state index contributed by atoms with van der Waals surface area (Å²) in [6, 6.07) is 0.810. The molecule has 2 nitrogen and oxygen atoms in total. The van der Waals surface area contributed by atoms with Gasteiger partial charge < -0.3 is 10.1 Å². The third kappa shape index (κ3) is 2.46. The van der Waals surface area contributed by atoms with Crippen molar-refractivity contribution in [3.63, 3.8) is 0 Å². The number of hydrogen-bond donors (Lipinski definition) is 1. The van der Waals surface area contributed by atoms with E-state index >= 15 is 0 Å². The summed E-state index contributed by atoms with van der Waals surface area (Å²) in [6.45, 7) is 4.51. The zero-order chi connectivity index (χ0) is 12.4. The molecule has 3 rings (SSSR count). The maximum absolute atomic E-state index is 6.09. The maximum atomic E-state index is 6.09. The summed E-state index contributed by atoms with van der Waals surface area (Å²) in [5.74, 6) is 1.88. The molecule has 1 N–H and O–H groups in total. The highest BCUT2D eigenvalue weighted by molar-refractivity contribution is 4.98. The van der Waals surface area contributed by atoms with E-state index in [0.29, 0.717) is 5.60 Å². The Morgan fingerprint density at radius 3 is 2.78 bits per heavy atom. The zero-order valence-corrected chi connectivity index (χ0v) is 11.9. The summed E-state index contributed by atoms with van der Waals surface area (Å²) in [5, 5.41) is 3.80. The molecule has 0 bridgehead atoms. The molecule has 0 aromatic rings. The number of nitrogens with one attached hydrogen (secondary N) is 1. The topological polar surface area (TPSA) is 21.3 Å². The average molecular weight is 251 g/mol. The van der Waals surface area contributed by atoms with Gasteiger partial charge in [-0.25, -0.2) is 0 Å². The third-order valence-corrected chi connectivity index (χ3v) is 5.63. The molecule has 18 heavy (non-hydrogen) atoms. The molecule has 3 aliphatic rings. The van der Waals surface area contributed by atoms with Crippen molar-refractivity contribution in [2.75, 3.05) is 13.2 Å². The molecule has 1 spiro atoms. The first-order chi connectivity index (χ1) is 8.83. The summed E-state index contributed by atoms with van der Waals surface area (Å²) in [5.41, 5.74) is 0.334. The highest BCUT2D eigenvalue weighted by Gasteiger charge is 2.46. The summed E-state index contributed by atoms with van der Waals surface area (Å²) >= 11 is 0. The molecule has 0 amide bonds. The largest absolute Gasteiger partial charge is 0.375 e. The number of hydrogen-bond acceptors (Lipinski definition) is 2. The lowest BCUT2D eigenvalue weighted by Crippen LogP contribution is -2.48. The highest BCUT2D eigenvalue weighted by Crippen LogP contribution is 2.48. The standard InChI is InChI=1S/C16H29NO/c1-2-10-17-15-6-3-5-14(15)13-7-11-18-16(12-13)8-4-9-16/h13-15,17H,2-12H2,1H3. The van der Waals surface area contributed by atoms with Crippen LogP contribution in [0.1, 0.15) is 64.7 Å². The summed E-state index contributed by atoms with van der Waals surface area (Å²) in [7, 11) is 0. The summed E-state index contributed by atoms with van der Waals surface area (Å²) < 4.78 is 6.09. The molecule has 104 valence electrons. The van der Waals surface area contributed by atoms with Gasteiger partial charge in [-0.3, -0.25) is 0 Å². The highest BCUT2D eigenvalue weighted by atomic mass is 16.5. The Balaban J connectivity index is 1.58. The van der Waals surface area contributed by atoms with Crippen molar-refractivity contribution < 1.29 is 4.74 Å². The first-order valence-corrected chi connectivity index (χ1v) is 8.20. The molecular formula is C16H29NO. The third-order valence-electron chi connectivity index (χ3n) is 5.63. The molecule has 2 aliphatic carbocycles. The van der Waals surface area contributed by atoms with Crippen molar-refractivity contribution in [3.8, 4) is 0 Å². The molecule has 2 saturated carbocycles. The van der Waals surface area contributed by atoms with Crippen LogP contribution >= 0.6 is 0 Å². The fourth-order valence-corrected chi connectivity index (χ4v) is 4.49. The van der Waals surface area contributed by atoms with E-state index in [1.807, 2.05) is 0 Å². The van der Waals surface area contributed by atoms with Crippen LogP contribution in [0.2, 0.25) is 0 Å². The summed E-state index contributed by atoms with van der Waals surface area (Å²) in [4.78, 5) is 0. The summed E-state index contributed by atoms with van der Waals surface area (Å²) in [6.07, 6.45) is 12.3. The Morgan fingerprint density at radius 2 is 2.06 bits per heavy atom. The molecular weight excluding hydrogens is 222 g/mol. The van der Waals surface area contributed by atoms with Crippen LogP contribution in [0.4, 0.5) is 0 Å². The number of ether oxygens (including phenoxy) is 1. The van der Waals surface area contributed by atoms with E-state index in [-0.39, 0.29) is 0 Å². The predicted molar refractivity (Wildman–Crippen MR) is 74.7 cm³/mol. The fraction of sp³-hybridized carbons (Fsp3) is 1.00. The van der Waals surface area contributed by atoms with Gasteiger partial charge in [0.15, 0.2) is 0 Å². The van der Waals surface area contributed by atoms with Crippen molar-refractivity contribution >= 4 is 0 Å². The number of rotatable bonds is 4. The Morgan fingerprint density at radius 1 is 1.17 bits per heavy atom. The van der Waals surface area contributed by atoms with Crippen LogP contribution in [0.25, 0.3) is 0 Å². The first-order valence-electron chi connectivity index (χ1n) is 8.20. The molecule has 3 atom stereocenters. The van der Waals surface area contributed by atoms with Gasteiger partial charge in [-0.2, -0.15) is 0 Å². The van der Waals surface area contributed by atoms with E-state index in [0.717, 1.165) is 24.5 Å². The van der Waals surface area contributed by atoms with Crippen LogP contribution in [-0.4, -0.2) is 24.8 Å². The predicted octanol–water partition coefficient (Wildman–Crippen LogP) is 3.50. The minimum absolute atomic E-state index is 0.334. The second-order valence-electron chi connectivity index (χ2n) is 6.79. The van der Waals surface area contributed by atoms with Crippen molar-refractivity contribution in [2.45, 2.75) is 76.4 Å². The average Bonchev–Trinajstić information content (AvgIpc) is 2.83. The van der Waals surface area contributed by atoms with E-state index in [2.05, 4.69) is 12.2 Å². The van der Waals surface area contributed by atoms with E-state index in [1.165, 1.54) is 64.3 Å². The Labute approximate surface area is 112 Å². The smallest absolute Gasteiger partial charge is 0.0685 e. The van der Waals surface area contributed by atoms with Crippen LogP contribution < -0.4 is 5.32 Å². The molecule has 1 saturated heterocycles. The van der Waals surface area contributed by atoms with Crippen LogP contribution in [0, 0.1) is 11.8 Å². The molecule has 1 aliphatic heterocycles. The lowest BCUT2D eigenvalue weighted by atomic mass is 9.68. The second kappa shape index (κ2) is 5.50. The minimum atomic E-state index is 0.334. The molecule has 1 heterocycles. The minimum Gasteiger partial charge on any atom is -0.375 e. The van der Waals surface area contributed by atoms with E-state index in [9.17, 15) is 0 Å². The monoisotopic (exact) mass is 251 g/mol. The molecule has 3 fully saturated rings. The van der Waals surface area contributed by atoms with Crippen molar-refractivity contribution in [3.05, 3.63) is 0 Å². The quantitative estimate of drug-likeness (QED) is 0.825. The lowest BCUT2D eigenvalue weighted by Gasteiger charge is -2.49. The van der Waals surface area contributed by atoms with Gasteiger partial charge >= 0.3 is 0 Å². The molecule has 0 aromatic carbocycles. The van der Waals surface area contributed by atoms with Crippen molar-refractivity contribution in [1.82, 2.24) is 5.32 Å². The van der Waals surface area contributed by atoms with Gasteiger partial charge in [-0.15, -0.1) is 0 Å². The van der Waals surface area contributed by atoms with Gasteiger partial charge in [-0.05, 0) is 69.7 Å². The van der Waals surface area contributed by atoms with Crippen LogP contribution in [0.5, 0.6) is 0 Å². The molecule has 0 radical (unpaired) electrons. The first kappa shape index (κ1) is 12.9. The molecule has 3 unspecified atom stereocenters. The molecule has 2 heteroatoms. The SMILES string of the molecule is CCCNC1CCCC1C1CCOC2(CCC2)C1. The molecule has 0 aromatic heterocycles. The zero-order valence-electron chi connectivity index (χ0n) is 11.9. The van der Waals surface area contributed by atoms with E-state index in [4.69, 9.17) is 4.74 Å². The van der Waals surface area contributed by atoms with E-state index in [1.54, 1.807) is 0 Å².